The highest BCUT2D eigenvalue weighted by molar-refractivity contribution is 5.95. The predicted molar refractivity (Wildman–Crippen MR) is 190 cm³/mol. The number of hydrogen-bond donors (Lipinski definition) is 9. The van der Waals surface area contributed by atoms with E-state index in [1.54, 1.807) is 24.5 Å². The molecule has 6 aromatic rings. The quantitative estimate of drug-likeness (QED) is 0.0774. The smallest absolute Gasteiger partial charge is 0.326 e. The Kier molecular flexibility index (Phi) is 10.4. The van der Waals surface area contributed by atoms with Crippen molar-refractivity contribution >= 4 is 45.5 Å². The molecule has 3 heterocycles. The Morgan fingerprint density at radius 1 is 0.667 bits per heavy atom. The zero-order valence-corrected chi connectivity index (χ0v) is 27.4. The number of carboxylic acids is 1. The molecule has 0 aliphatic heterocycles. The number of benzene rings is 3. The van der Waals surface area contributed by atoms with E-state index in [4.69, 9.17) is 5.73 Å². The number of para-hydroxylation sites is 2. The van der Waals surface area contributed by atoms with Gasteiger partial charge in [0, 0.05) is 65.4 Å². The maximum Gasteiger partial charge on any atom is 0.326 e. The molecule has 6 rings (SSSR count). The Hall–Kier alpha value is -6.41. The van der Waals surface area contributed by atoms with Crippen LogP contribution >= 0.6 is 0 Å². The van der Waals surface area contributed by atoms with Gasteiger partial charge in [-0.05, 0) is 47.4 Å². The Labute approximate surface area is 291 Å². The van der Waals surface area contributed by atoms with E-state index in [9.17, 15) is 29.4 Å². The molecule has 10 N–H and O–H groups in total. The number of carbonyl (C=O) groups excluding carboxylic acids is 3. The molecule has 4 unspecified atom stereocenters. The number of nitrogens with one attached hydrogen (secondary N) is 6. The highest BCUT2D eigenvalue weighted by Gasteiger charge is 2.32. The third kappa shape index (κ3) is 8.43. The topological polar surface area (TPSA) is 231 Å². The summed E-state index contributed by atoms with van der Waals surface area (Å²) in [5, 5.41) is 29.5. The van der Waals surface area contributed by atoms with Crippen LogP contribution in [0.5, 0.6) is 5.75 Å². The summed E-state index contributed by atoms with van der Waals surface area (Å²) < 4.78 is 0. The van der Waals surface area contributed by atoms with Crippen molar-refractivity contribution in [3.63, 3.8) is 0 Å². The minimum Gasteiger partial charge on any atom is -0.508 e. The second-order valence-electron chi connectivity index (χ2n) is 12.4. The summed E-state index contributed by atoms with van der Waals surface area (Å²) >= 11 is 0. The molecule has 3 aromatic heterocycles. The fourth-order valence-corrected chi connectivity index (χ4v) is 6.08. The van der Waals surface area contributed by atoms with Crippen molar-refractivity contribution in [3.8, 4) is 5.75 Å². The first-order valence-electron chi connectivity index (χ1n) is 16.4. The SMILES string of the molecule is NC(Cc1c[nH]c2ccccc12)C(=O)NC(Cc1c[nH]c2ccccc12)C(=O)NC(Cc1cnc[nH]1)C(=O)NC(Cc1ccc(O)cc1)C(=O)O. The molecular weight excluding hydrogens is 652 g/mol. The molecule has 14 heteroatoms. The molecule has 51 heavy (non-hydrogen) atoms. The van der Waals surface area contributed by atoms with Crippen LogP contribution in [-0.4, -0.2) is 78.0 Å². The summed E-state index contributed by atoms with van der Waals surface area (Å²) in [5.41, 5.74) is 10.8. The third-order valence-corrected chi connectivity index (χ3v) is 8.79. The highest BCUT2D eigenvalue weighted by atomic mass is 16.4. The van der Waals surface area contributed by atoms with E-state index in [2.05, 4.69) is 35.9 Å². The maximum absolute atomic E-state index is 14.1. The second-order valence-corrected chi connectivity index (χ2v) is 12.4. The van der Waals surface area contributed by atoms with Gasteiger partial charge in [0.1, 0.15) is 23.9 Å². The lowest BCUT2D eigenvalue weighted by molar-refractivity contribution is -0.142. The van der Waals surface area contributed by atoms with E-state index in [1.165, 1.54) is 24.7 Å². The Morgan fingerprint density at radius 3 is 1.80 bits per heavy atom. The summed E-state index contributed by atoms with van der Waals surface area (Å²) in [5.74, 6) is -3.24. The molecule has 0 radical (unpaired) electrons. The molecule has 0 aliphatic rings. The number of fused-ring (bicyclic) bond motifs is 2. The van der Waals surface area contributed by atoms with Gasteiger partial charge in [-0.15, -0.1) is 0 Å². The number of H-pyrrole nitrogens is 3. The fraction of sp³-hybridized carbons (Fsp3) is 0.216. The monoisotopic (exact) mass is 690 g/mol. The van der Waals surface area contributed by atoms with Crippen molar-refractivity contribution in [3.05, 3.63) is 120 Å². The molecule has 14 nitrogen and oxygen atoms in total. The number of rotatable bonds is 15. The lowest BCUT2D eigenvalue weighted by Crippen LogP contribution is -2.58. The zero-order chi connectivity index (χ0) is 35.9. The molecule has 0 saturated carbocycles. The molecule has 0 saturated heterocycles. The van der Waals surface area contributed by atoms with Gasteiger partial charge in [0.25, 0.3) is 0 Å². The van der Waals surface area contributed by atoms with Crippen LogP contribution in [0.1, 0.15) is 22.4 Å². The molecule has 0 aliphatic carbocycles. The minimum absolute atomic E-state index is 0.0187. The third-order valence-electron chi connectivity index (χ3n) is 8.79. The average Bonchev–Trinajstić information content (AvgIpc) is 3.89. The largest absolute Gasteiger partial charge is 0.508 e. The molecular formula is C37H38N8O6. The van der Waals surface area contributed by atoms with Crippen LogP contribution in [0.3, 0.4) is 0 Å². The number of nitrogens with zero attached hydrogens (tertiary/aromatic N) is 1. The van der Waals surface area contributed by atoms with E-state index < -0.39 is 47.9 Å². The summed E-state index contributed by atoms with van der Waals surface area (Å²) in [4.78, 5) is 66.9. The van der Waals surface area contributed by atoms with Gasteiger partial charge >= 0.3 is 5.97 Å². The first kappa shape index (κ1) is 34.5. The van der Waals surface area contributed by atoms with Crippen LogP contribution in [0.25, 0.3) is 21.8 Å². The van der Waals surface area contributed by atoms with Gasteiger partial charge in [-0.3, -0.25) is 14.4 Å². The number of amides is 3. The lowest BCUT2D eigenvalue weighted by atomic mass is 10.0. The van der Waals surface area contributed by atoms with Crippen molar-refractivity contribution in [1.82, 2.24) is 35.9 Å². The normalized spacial score (nSPS) is 13.7. The average molecular weight is 691 g/mol. The van der Waals surface area contributed by atoms with Crippen LogP contribution in [0.4, 0.5) is 0 Å². The van der Waals surface area contributed by atoms with E-state index in [-0.39, 0.29) is 31.4 Å². The van der Waals surface area contributed by atoms with E-state index in [1.807, 2.05) is 48.5 Å². The molecule has 0 spiro atoms. The number of aliphatic carboxylic acids is 1. The van der Waals surface area contributed by atoms with Gasteiger partial charge in [-0.1, -0.05) is 48.5 Å². The molecule has 3 amide bonds. The molecule has 0 bridgehead atoms. The van der Waals surface area contributed by atoms with Crippen LogP contribution in [0, 0.1) is 0 Å². The summed E-state index contributed by atoms with van der Waals surface area (Å²) in [6.45, 7) is 0. The molecule has 0 fully saturated rings. The van der Waals surface area contributed by atoms with Gasteiger partial charge in [0.2, 0.25) is 17.7 Å². The number of nitrogens with two attached hydrogens (primary N) is 1. The number of aromatic nitrogens is 4. The minimum atomic E-state index is -1.34. The zero-order valence-electron chi connectivity index (χ0n) is 27.4. The fourth-order valence-electron chi connectivity index (χ4n) is 6.08. The number of aromatic hydroxyl groups is 1. The van der Waals surface area contributed by atoms with Gasteiger partial charge in [0.05, 0.1) is 12.4 Å². The number of imidazole rings is 1. The van der Waals surface area contributed by atoms with E-state index in [0.29, 0.717) is 11.3 Å². The number of aromatic amines is 3. The Bertz CT molecular complexity index is 2140. The predicted octanol–water partition coefficient (Wildman–Crippen LogP) is 2.21. The second kappa shape index (κ2) is 15.4. The molecule has 4 atom stereocenters. The van der Waals surface area contributed by atoms with Gasteiger partial charge in [0.15, 0.2) is 0 Å². The van der Waals surface area contributed by atoms with Crippen molar-refractivity contribution in [2.24, 2.45) is 5.73 Å². The number of carboxylic acid groups (broad SMARTS) is 1. The highest BCUT2D eigenvalue weighted by Crippen LogP contribution is 2.21. The summed E-state index contributed by atoms with van der Waals surface area (Å²) in [6.07, 6.45) is 6.64. The van der Waals surface area contributed by atoms with Crippen LogP contribution in [-0.2, 0) is 44.9 Å². The van der Waals surface area contributed by atoms with Crippen molar-refractivity contribution in [2.45, 2.75) is 49.9 Å². The van der Waals surface area contributed by atoms with Crippen LogP contribution in [0.15, 0.2) is 97.7 Å². The van der Waals surface area contributed by atoms with Gasteiger partial charge in [-0.25, -0.2) is 9.78 Å². The van der Waals surface area contributed by atoms with Crippen LogP contribution < -0.4 is 21.7 Å². The summed E-state index contributed by atoms with van der Waals surface area (Å²) in [6, 6.07) is 16.4. The number of hydrogen-bond acceptors (Lipinski definition) is 7. The molecule has 262 valence electrons. The van der Waals surface area contributed by atoms with Crippen molar-refractivity contribution < 1.29 is 29.4 Å². The number of carbonyl (C=O) groups is 4. The van der Waals surface area contributed by atoms with E-state index >= 15 is 0 Å². The molecule has 3 aromatic carbocycles. The first-order chi connectivity index (χ1) is 24.6. The van der Waals surface area contributed by atoms with Gasteiger partial charge < -0.3 is 46.8 Å². The first-order valence-corrected chi connectivity index (χ1v) is 16.4. The van der Waals surface area contributed by atoms with Crippen molar-refractivity contribution in [2.75, 3.05) is 0 Å². The van der Waals surface area contributed by atoms with Crippen molar-refractivity contribution in [1.29, 1.82) is 0 Å². The lowest BCUT2D eigenvalue weighted by Gasteiger charge is -2.25. The summed E-state index contributed by atoms with van der Waals surface area (Å²) in [7, 11) is 0. The number of phenols is 1. The Balaban J connectivity index is 1.23. The van der Waals surface area contributed by atoms with Gasteiger partial charge in [-0.2, -0.15) is 0 Å². The Morgan fingerprint density at radius 2 is 1.22 bits per heavy atom. The van der Waals surface area contributed by atoms with E-state index in [0.717, 1.165) is 32.9 Å². The number of phenolic OH excluding ortho intramolecular Hbond substituents is 1. The maximum atomic E-state index is 14.1. The standard InChI is InChI=1S/C37H38N8O6/c38-28(14-22-17-40-29-7-3-1-5-26(22)29)34(47)43-31(15-23-18-41-30-8-4-2-6-27(23)30)35(48)44-32(16-24-19-39-20-42-24)36(49)45-33(37(50)51)13-21-9-11-25(46)12-10-21/h1-12,17-20,28,31-33,40-41,46H,13-16,38H2,(H,39,42)(H,43,47)(H,44,48)(H,45,49)(H,50,51). The van der Waals surface area contributed by atoms with Crippen LogP contribution in [0.2, 0.25) is 0 Å².